The lowest BCUT2D eigenvalue weighted by atomic mass is 10.1. The Balaban J connectivity index is 1.97. The minimum Gasteiger partial charge on any atom is -0.507 e. The minimum absolute atomic E-state index is 0.0133. The number of phenolic OH excluding ortho intramolecular Hbond substituents is 1. The first-order valence-electron chi connectivity index (χ1n) is 8.68. The number of benzene rings is 2. The van der Waals surface area contributed by atoms with Gasteiger partial charge >= 0.3 is 0 Å². The number of aromatic nitrogens is 2. The molecule has 1 aromatic heterocycles. The average Bonchev–Trinajstić information content (AvgIpc) is 2.72. The van der Waals surface area contributed by atoms with Crippen molar-refractivity contribution in [2.24, 2.45) is 5.10 Å². The van der Waals surface area contributed by atoms with Gasteiger partial charge in [-0.15, -0.1) is 0 Å². The van der Waals surface area contributed by atoms with E-state index in [0.717, 1.165) is 0 Å². The number of fused-ring (bicyclic) bond motifs is 1. The van der Waals surface area contributed by atoms with E-state index in [-0.39, 0.29) is 17.0 Å². The molecule has 144 valence electrons. The maximum absolute atomic E-state index is 12.7. The molecule has 3 aromatic rings. The molecule has 0 aliphatic carbocycles. The van der Waals surface area contributed by atoms with Gasteiger partial charge in [0.2, 0.25) is 0 Å². The molecule has 0 aliphatic heterocycles. The summed E-state index contributed by atoms with van der Waals surface area (Å²) < 4.78 is 6.38. The fourth-order valence-corrected chi connectivity index (χ4v) is 2.80. The van der Waals surface area contributed by atoms with E-state index in [1.807, 2.05) is 0 Å². The molecule has 3 rings (SSSR count). The van der Waals surface area contributed by atoms with Crippen molar-refractivity contribution in [3.63, 3.8) is 0 Å². The van der Waals surface area contributed by atoms with Crippen LogP contribution in [0.1, 0.15) is 29.9 Å². The Bertz CT molecular complexity index is 1130. The third-order valence-electron chi connectivity index (χ3n) is 4.30. The van der Waals surface area contributed by atoms with E-state index in [1.165, 1.54) is 17.9 Å². The second kappa shape index (κ2) is 7.91. The van der Waals surface area contributed by atoms with Crippen molar-refractivity contribution in [1.29, 1.82) is 0 Å². The molecular formula is C20H20N4O4. The van der Waals surface area contributed by atoms with Gasteiger partial charge in [-0.3, -0.25) is 9.59 Å². The van der Waals surface area contributed by atoms with Gasteiger partial charge in [0.15, 0.2) is 5.69 Å². The third-order valence-corrected chi connectivity index (χ3v) is 4.30. The van der Waals surface area contributed by atoms with E-state index in [0.29, 0.717) is 34.3 Å². The maximum atomic E-state index is 12.7. The normalized spacial score (nSPS) is 11.5. The third kappa shape index (κ3) is 3.57. The number of aromatic hydroxyl groups is 1. The second-order valence-electron chi connectivity index (χ2n) is 6.04. The summed E-state index contributed by atoms with van der Waals surface area (Å²) >= 11 is 0. The zero-order chi connectivity index (χ0) is 20.3. The molecular weight excluding hydrogens is 360 g/mol. The number of hydrazone groups is 1. The Morgan fingerprint density at radius 1 is 1.25 bits per heavy atom. The molecule has 0 aliphatic rings. The zero-order valence-electron chi connectivity index (χ0n) is 15.8. The predicted octanol–water partition coefficient (Wildman–Crippen LogP) is 2.28. The Hall–Kier alpha value is -3.68. The van der Waals surface area contributed by atoms with Gasteiger partial charge in [0.25, 0.3) is 11.5 Å². The average molecular weight is 380 g/mol. The maximum Gasteiger partial charge on any atom is 0.292 e. The molecule has 0 saturated heterocycles. The number of methoxy groups -OCH3 is 1. The van der Waals surface area contributed by atoms with Gasteiger partial charge in [-0.25, -0.2) is 10.1 Å². The summed E-state index contributed by atoms with van der Waals surface area (Å²) in [6.07, 6.45) is 0. The van der Waals surface area contributed by atoms with E-state index in [2.05, 4.69) is 15.6 Å². The lowest BCUT2D eigenvalue weighted by molar-refractivity contribution is 0.0949. The number of nitrogens with one attached hydrogen (secondary N) is 1. The first-order chi connectivity index (χ1) is 13.5. The topological polar surface area (TPSA) is 106 Å². The van der Waals surface area contributed by atoms with Gasteiger partial charge in [-0.2, -0.15) is 10.2 Å². The van der Waals surface area contributed by atoms with Crippen molar-refractivity contribution in [2.45, 2.75) is 20.4 Å². The van der Waals surface area contributed by atoms with Crippen LogP contribution in [0, 0.1) is 0 Å². The molecule has 0 fully saturated rings. The van der Waals surface area contributed by atoms with Crippen molar-refractivity contribution in [1.82, 2.24) is 15.2 Å². The quantitative estimate of drug-likeness (QED) is 0.522. The Labute approximate surface area is 161 Å². The highest BCUT2D eigenvalue weighted by atomic mass is 16.5. The summed E-state index contributed by atoms with van der Waals surface area (Å²) in [5.74, 6) is 0.0101. The molecule has 0 radical (unpaired) electrons. The summed E-state index contributed by atoms with van der Waals surface area (Å²) in [7, 11) is 1.52. The van der Waals surface area contributed by atoms with Crippen LogP contribution in [0.3, 0.4) is 0 Å². The van der Waals surface area contributed by atoms with Crippen LogP contribution in [0.2, 0.25) is 0 Å². The number of carbonyl (C=O) groups excluding carboxylic acids is 1. The summed E-state index contributed by atoms with van der Waals surface area (Å²) in [6.45, 7) is 3.76. The van der Waals surface area contributed by atoms with E-state index in [9.17, 15) is 14.7 Å². The highest BCUT2D eigenvalue weighted by Gasteiger charge is 2.16. The SMILES string of the molecule is CCn1nc(C(=O)N/N=C(\C)c2cc(OC)ccc2O)c2ccccc2c1=O. The summed E-state index contributed by atoms with van der Waals surface area (Å²) in [5, 5.41) is 19.1. The predicted molar refractivity (Wildman–Crippen MR) is 106 cm³/mol. The minimum atomic E-state index is -0.555. The van der Waals surface area contributed by atoms with E-state index >= 15 is 0 Å². The zero-order valence-corrected chi connectivity index (χ0v) is 15.8. The smallest absolute Gasteiger partial charge is 0.292 e. The molecule has 2 aromatic carbocycles. The lowest BCUT2D eigenvalue weighted by Gasteiger charge is -2.09. The van der Waals surface area contributed by atoms with Gasteiger partial charge in [-0.1, -0.05) is 18.2 Å². The van der Waals surface area contributed by atoms with Gasteiger partial charge < -0.3 is 9.84 Å². The molecule has 1 heterocycles. The number of amides is 1. The van der Waals surface area contributed by atoms with Gasteiger partial charge in [0.1, 0.15) is 11.5 Å². The number of carbonyl (C=O) groups is 1. The van der Waals surface area contributed by atoms with E-state index in [1.54, 1.807) is 50.2 Å². The number of phenols is 1. The molecule has 8 nitrogen and oxygen atoms in total. The van der Waals surface area contributed by atoms with Crippen LogP contribution in [0.4, 0.5) is 0 Å². The molecule has 0 unspecified atom stereocenters. The van der Waals surface area contributed by atoms with E-state index in [4.69, 9.17) is 4.74 Å². The van der Waals surface area contributed by atoms with Crippen LogP contribution in [0.25, 0.3) is 10.8 Å². The number of rotatable bonds is 5. The van der Waals surface area contributed by atoms with Crippen LogP contribution in [-0.2, 0) is 6.54 Å². The molecule has 8 heteroatoms. The molecule has 1 amide bonds. The highest BCUT2D eigenvalue weighted by Crippen LogP contribution is 2.23. The monoisotopic (exact) mass is 380 g/mol. The van der Waals surface area contributed by atoms with Gasteiger partial charge in [0.05, 0.1) is 18.2 Å². The van der Waals surface area contributed by atoms with Crippen LogP contribution in [0.15, 0.2) is 52.4 Å². The van der Waals surface area contributed by atoms with Gasteiger partial charge in [-0.05, 0) is 38.1 Å². The molecule has 28 heavy (non-hydrogen) atoms. The van der Waals surface area contributed by atoms with Crippen LogP contribution in [0.5, 0.6) is 11.5 Å². The summed E-state index contributed by atoms with van der Waals surface area (Å²) in [6, 6.07) is 11.5. The molecule has 0 saturated carbocycles. The van der Waals surface area contributed by atoms with Crippen LogP contribution < -0.4 is 15.7 Å². The summed E-state index contributed by atoms with van der Waals surface area (Å²) in [4.78, 5) is 25.1. The fraction of sp³-hybridized carbons (Fsp3) is 0.200. The summed E-state index contributed by atoms with van der Waals surface area (Å²) in [5.41, 5.74) is 3.10. The lowest BCUT2D eigenvalue weighted by Crippen LogP contribution is -2.28. The second-order valence-corrected chi connectivity index (χ2v) is 6.04. The number of aryl methyl sites for hydroxylation is 1. The first kappa shape index (κ1) is 19.1. The number of ether oxygens (including phenoxy) is 1. The van der Waals surface area contributed by atoms with E-state index < -0.39 is 5.91 Å². The highest BCUT2D eigenvalue weighted by molar-refractivity contribution is 6.06. The molecule has 0 bridgehead atoms. The van der Waals surface area contributed by atoms with Crippen LogP contribution in [-0.4, -0.2) is 33.6 Å². The Morgan fingerprint density at radius 3 is 2.64 bits per heavy atom. The van der Waals surface area contributed by atoms with Crippen LogP contribution >= 0.6 is 0 Å². The van der Waals surface area contributed by atoms with Crippen molar-refractivity contribution in [3.8, 4) is 11.5 Å². The molecule has 0 spiro atoms. The number of nitrogens with zero attached hydrogens (tertiary/aromatic N) is 3. The largest absolute Gasteiger partial charge is 0.507 e. The fourth-order valence-electron chi connectivity index (χ4n) is 2.80. The van der Waals surface area contributed by atoms with Crippen molar-refractivity contribution >= 4 is 22.4 Å². The number of hydrogen-bond donors (Lipinski definition) is 2. The van der Waals surface area contributed by atoms with Crippen molar-refractivity contribution in [2.75, 3.05) is 7.11 Å². The number of hydrogen-bond acceptors (Lipinski definition) is 6. The molecule has 2 N–H and O–H groups in total. The first-order valence-corrected chi connectivity index (χ1v) is 8.68. The standard InChI is InChI=1S/C20H20N4O4/c1-4-24-20(27)15-8-6-5-7-14(15)18(23-24)19(26)22-21-12(2)16-11-13(28-3)9-10-17(16)25/h5-11,25H,4H2,1-3H3,(H,22,26)/b21-12+. The van der Waals surface area contributed by atoms with Gasteiger partial charge in [0, 0.05) is 17.5 Å². The Kier molecular flexibility index (Phi) is 5.39. The Morgan fingerprint density at radius 2 is 1.96 bits per heavy atom. The molecule has 0 atom stereocenters. The van der Waals surface area contributed by atoms with Crippen molar-refractivity contribution in [3.05, 3.63) is 64.1 Å². The van der Waals surface area contributed by atoms with Crippen molar-refractivity contribution < 1.29 is 14.6 Å².